The van der Waals surface area contributed by atoms with Crippen LogP contribution in [0.15, 0.2) is 6.20 Å². The maximum Gasteiger partial charge on any atom is 0.341 e. The van der Waals surface area contributed by atoms with Gasteiger partial charge in [0.2, 0.25) is 0 Å². The number of amides is 1. The molecule has 4 N–H and O–H groups in total. The lowest BCUT2D eigenvalue weighted by molar-refractivity contribution is 0.248. The van der Waals surface area contributed by atoms with Gasteiger partial charge in [-0.25, -0.2) is 4.79 Å². The van der Waals surface area contributed by atoms with E-state index in [1.165, 1.54) is 6.20 Å². The minimum absolute atomic E-state index is 0.299. The number of anilines is 1. The van der Waals surface area contributed by atoms with Crippen LogP contribution in [0.5, 0.6) is 0 Å². The Labute approximate surface area is 57.6 Å². The minimum Gasteiger partial charge on any atom is -0.383 e. The summed E-state index contributed by atoms with van der Waals surface area (Å²) in [7, 11) is 0. The van der Waals surface area contributed by atoms with Crippen molar-refractivity contribution in [3.05, 3.63) is 11.8 Å². The predicted octanol–water partition coefficient (Wildman–Crippen LogP) is -0.299. The molecule has 0 bridgehead atoms. The second-order valence-corrected chi connectivity index (χ2v) is 1.96. The summed E-state index contributed by atoms with van der Waals surface area (Å²) in [5, 5.41) is 3.63. The third-order valence-electron chi connectivity index (χ3n) is 1.21. The highest BCUT2D eigenvalue weighted by atomic mass is 16.2. The fourth-order valence-corrected chi connectivity index (χ4v) is 0.615. The molecule has 10 heavy (non-hydrogen) atoms. The highest BCUT2D eigenvalue weighted by molar-refractivity contribution is 5.77. The second-order valence-electron chi connectivity index (χ2n) is 1.96. The Hall–Kier alpha value is -1.52. The van der Waals surface area contributed by atoms with Crippen LogP contribution in [0.1, 0.15) is 5.56 Å². The van der Waals surface area contributed by atoms with Gasteiger partial charge in [0.05, 0.1) is 6.20 Å². The number of carbonyl (C=O) groups excluding carboxylic acids is 1. The summed E-state index contributed by atoms with van der Waals surface area (Å²) in [4.78, 5) is 10.5. The van der Waals surface area contributed by atoms with Crippen LogP contribution in [0.4, 0.5) is 10.6 Å². The fraction of sp³-hybridized carbons (Fsp3) is 0.200. The molecule has 1 aromatic rings. The van der Waals surface area contributed by atoms with Crippen LogP contribution in [0.25, 0.3) is 0 Å². The number of nitrogen functional groups attached to an aromatic ring is 1. The molecular weight excluding hydrogens is 132 g/mol. The molecule has 0 unspecified atom stereocenters. The molecule has 0 atom stereocenters. The minimum atomic E-state index is -0.661. The Balaban J connectivity index is 3.17. The quantitative estimate of drug-likeness (QED) is 0.518. The lowest BCUT2D eigenvalue weighted by Gasteiger charge is -1.95. The van der Waals surface area contributed by atoms with E-state index in [4.69, 9.17) is 11.5 Å². The molecule has 0 fully saturated rings. The average Bonchev–Trinajstić information content (AvgIpc) is 2.14. The lowest BCUT2D eigenvalue weighted by atomic mass is 10.4. The number of primary amides is 1. The number of nitrogens with zero attached hydrogens (tertiary/aromatic N) is 2. The number of nitrogens with two attached hydrogens (primary N) is 2. The molecule has 0 aliphatic heterocycles. The van der Waals surface area contributed by atoms with E-state index < -0.39 is 6.03 Å². The zero-order chi connectivity index (χ0) is 7.72. The topological polar surface area (TPSA) is 86.9 Å². The third kappa shape index (κ3) is 0.812. The average molecular weight is 140 g/mol. The van der Waals surface area contributed by atoms with Crippen LogP contribution in [0, 0.1) is 6.92 Å². The number of hydrogen-bond acceptors (Lipinski definition) is 3. The smallest absolute Gasteiger partial charge is 0.341 e. The Morgan fingerprint density at radius 1 is 1.80 bits per heavy atom. The first-order chi connectivity index (χ1) is 4.63. The first-order valence-electron chi connectivity index (χ1n) is 2.73. The molecule has 5 nitrogen and oxygen atoms in total. The number of rotatable bonds is 0. The Morgan fingerprint density at radius 3 is 2.60 bits per heavy atom. The van der Waals surface area contributed by atoms with Crippen LogP contribution in [-0.4, -0.2) is 15.8 Å². The second kappa shape index (κ2) is 2.02. The Kier molecular flexibility index (Phi) is 1.33. The largest absolute Gasteiger partial charge is 0.383 e. The van der Waals surface area contributed by atoms with E-state index >= 15 is 0 Å². The molecule has 1 heterocycles. The van der Waals surface area contributed by atoms with Crippen LogP contribution < -0.4 is 11.5 Å². The first kappa shape index (κ1) is 6.60. The molecule has 5 heteroatoms. The standard InChI is InChI=1S/C5H8N4O/c1-3-2-8-9(4(3)6)5(7)10/h2H,6H2,1H3,(H2,7,10). The molecule has 0 aliphatic carbocycles. The van der Waals surface area contributed by atoms with Crippen molar-refractivity contribution < 1.29 is 4.79 Å². The zero-order valence-corrected chi connectivity index (χ0v) is 5.53. The van der Waals surface area contributed by atoms with Crippen molar-refractivity contribution in [3.63, 3.8) is 0 Å². The van der Waals surface area contributed by atoms with Gasteiger partial charge in [0, 0.05) is 5.56 Å². The summed E-state index contributed by atoms with van der Waals surface area (Å²) in [6.45, 7) is 1.75. The van der Waals surface area contributed by atoms with Gasteiger partial charge in [0.15, 0.2) is 0 Å². The maximum atomic E-state index is 10.5. The lowest BCUT2D eigenvalue weighted by Crippen LogP contribution is -2.22. The molecular formula is C5H8N4O. The van der Waals surface area contributed by atoms with E-state index in [0.717, 1.165) is 10.2 Å². The van der Waals surface area contributed by atoms with Crippen molar-refractivity contribution in [1.29, 1.82) is 0 Å². The predicted molar refractivity (Wildman–Crippen MR) is 36.4 cm³/mol. The van der Waals surface area contributed by atoms with Gasteiger partial charge in [-0.3, -0.25) is 0 Å². The molecule has 1 rings (SSSR count). The summed E-state index contributed by atoms with van der Waals surface area (Å²) in [5.41, 5.74) is 11.1. The van der Waals surface area contributed by atoms with Crippen molar-refractivity contribution >= 4 is 11.8 Å². The van der Waals surface area contributed by atoms with Crippen LogP contribution in [-0.2, 0) is 0 Å². The Morgan fingerprint density at radius 2 is 2.40 bits per heavy atom. The van der Waals surface area contributed by atoms with Gasteiger partial charge in [-0.05, 0) is 6.92 Å². The van der Waals surface area contributed by atoms with Crippen molar-refractivity contribution in [2.24, 2.45) is 5.73 Å². The molecule has 0 aliphatic rings. The summed E-state index contributed by atoms with van der Waals surface area (Å²) < 4.78 is 0.954. The number of aromatic nitrogens is 2. The summed E-state index contributed by atoms with van der Waals surface area (Å²) >= 11 is 0. The van der Waals surface area contributed by atoms with Gasteiger partial charge < -0.3 is 11.5 Å². The number of carbonyl (C=O) groups is 1. The van der Waals surface area contributed by atoms with E-state index in [-0.39, 0.29) is 0 Å². The van der Waals surface area contributed by atoms with Crippen molar-refractivity contribution in [1.82, 2.24) is 9.78 Å². The van der Waals surface area contributed by atoms with E-state index in [2.05, 4.69) is 5.10 Å². The highest BCUT2D eigenvalue weighted by Crippen LogP contribution is 2.06. The zero-order valence-electron chi connectivity index (χ0n) is 5.53. The highest BCUT2D eigenvalue weighted by Gasteiger charge is 2.05. The third-order valence-corrected chi connectivity index (χ3v) is 1.21. The number of hydrogen-bond donors (Lipinski definition) is 2. The molecule has 0 aromatic carbocycles. The van der Waals surface area contributed by atoms with Crippen molar-refractivity contribution in [2.45, 2.75) is 6.92 Å². The van der Waals surface area contributed by atoms with Crippen molar-refractivity contribution in [3.8, 4) is 0 Å². The summed E-state index contributed by atoms with van der Waals surface area (Å²) in [5.74, 6) is 0.299. The summed E-state index contributed by atoms with van der Waals surface area (Å²) in [6, 6.07) is -0.661. The van der Waals surface area contributed by atoms with Crippen molar-refractivity contribution in [2.75, 3.05) is 5.73 Å². The van der Waals surface area contributed by atoms with E-state index in [1.807, 2.05) is 0 Å². The van der Waals surface area contributed by atoms with Gasteiger partial charge in [0.25, 0.3) is 0 Å². The SMILES string of the molecule is Cc1cnn(C(N)=O)c1N. The monoisotopic (exact) mass is 140 g/mol. The molecule has 54 valence electrons. The van der Waals surface area contributed by atoms with Gasteiger partial charge in [0.1, 0.15) is 5.82 Å². The van der Waals surface area contributed by atoms with E-state index in [1.54, 1.807) is 6.92 Å². The number of aryl methyl sites for hydroxylation is 1. The molecule has 0 saturated heterocycles. The van der Waals surface area contributed by atoms with E-state index in [9.17, 15) is 4.79 Å². The molecule has 0 saturated carbocycles. The molecule has 1 amide bonds. The normalized spacial score (nSPS) is 9.70. The van der Waals surface area contributed by atoms with Gasteiger partial charge in [-0.2, -0.15) is 9.78 Å². The van der Waals surface area contributed by atoms with E-state index in [0.29, 0.717) is 5.82 Å². The molecule has 0 spiro atoms. The van der Waals surface area contributed by atoms with Gasteiger partial charge in [-0.1, -0.05) is 0 Å². The molecule has 0 radical (unpaired) electrons. The first-order valence-corrected chi connectivity index (χ1v) is 2.73. The fourth-order valence-electron chi connectivity index (χ4n) is 0.615. The van der Waals surface area contributed by atoms with Crippen LogP contribution >= 0.6 is 0 Å². The Bertz CT molecular complexity index is 265. The summed E-state index contributed by atoms with van der Waals surface area (Å²) in [6.07, 6.45) is 1.49. The molecule has 1 aromatic heterocycles. The van der Waals surface area contributed by atoms with Crippen LogP contribution in [0.3, 0.4) is 0 Å². The van der Waals surface area contributed by atoms with Gasteiger partial charge >= 0.3 is 6.03 Å². The maximum absolute atomic E-state index is 10.5. The van der Waals surface area contributed by atoms with Gasteiger partial charge in [-0.15, -0.1) is 0 Å². The van der Waals surface area contributed by atoms with Crippen LogP contribution in [0.2, 0.25) is 0 Å².